The number of aryl methyl sites for hydroxylation is 1. The minimum atomic E-state index is -0.257. The van der Waals surface area contributed by atoms with Crippen molar-refractivity contribution < 1.29 is 9.18 Å². The second-order valence-corrected chi connectivity index (χ2v) is 5.74. The van der Waals surface area contributed by atoms with Crippen LogP contribution in [0.2, 0.25) is 0 Å². The standard InChI is InChI=1S/C15H19FN2O/c1-9-5-11(3-4-14(9)16)15(19)18-8-12-6-17-7-13(12)10(18)2/h3-5,10,12-13,17H,6-8H2,1-2H3. The maximum atomic E-state index is 13.3. The minimum absolute atomic E-state index is 0.0324. The second kappa shape index (κ2) is 4.60. The van der Waals surface area contributed by atoms with E-state index in [1.807, 2.05) is 4.90 Å². The Bertz CT molecular complexity index is 517. The van der Waals surface area contributed by atoms with E-state index < -0.39 is 0 Å². The van der Waals surface area contributed by atoms with Crippen LogP contribution in [0.25, 0.3) is 0 Å². The number of benzene rings is 1. The van der Waals surface area contributed by atoms with Crippen molar-refractivity contribution in [1.82, 2.24) is 10.2 Å². The molecule has 1 amide bonds. The summed E-state index contributed by atoms with van der Waals surface area (Å²) in [6, 6.07) is 4.88. The minimum Gasteiger partial charge on any atom is -0.335 e. The van der Waals surface area contributed by atoms with Crippen LogP contribution in [0.5, 0.6) is 0 Å². The fraction of sp³-hybridized carbons (Fsp3) is 0.533. The van der Waals surface area contributed by atoms with Crippen LogP contribution in [0.4, 0.5) is 4.39 Å². The Morgan fingerprint density at radius 1 is 1.42 bits per heavy atom. The van der Waals surface area contributed by atoms with E-state index in [0.29, 0.717) is 23.0 Å². The topological polar surface area (TPSA) is 32.3 Å². The number of nitrogens with one attached hydrogen (secondary N) is 1. The lowest BCUT2D eigenvalue weighted by Gasteiger charge is -2.24. The summed E-state index contributed by atoms with van der Waals surface area (Å²) in [5.74, 6) is 0.906. The van der Waals surface area contributed by atoms with Crippen molar-refractivity contribution in [3.8, 4) is 0 Å². The smallest absolute Gasteiger partial charge is 0.254 e. The molecule has 0 aromatic heterocycles. The van der Waals surface area contributed by atoms with Gasteiger partial charge in [0.05, 0.1) is 0 Å². The van der Waals surface area contributed by atoms with Crippen molar-refractivity contribution in [3.05, 3.63) is 35.1 Å². The molecule has 2 aliphatic rings. The molecule has 3 unspecified atom stereocenters. The lowest BCUT2D eigenvalue weighted by molar-refractivity contribution is 0.0728. The molecule has 0 aliphatic carbocycles. The molecular formula is C15H19FN2O. The number of carbonyl (C=O) groups is 1. The van der Waals surface area contributed by atoms with Crippen LogP contribution in [0.1, 0.15) is 22.8 Å². The van der Waals surface area contributed by atoms with Gasteiger partial charge in [-0.15, -0.1) is 0 Å². The zero-order valence-corrected chi connectivity index (χ0v) is 11.3. The van der Waals surface area contributed by atoms with Gasteiger partial charge in [-0.2, -0.15) is 0 Å². The maximum Gasteiger partial charge on any atom is 0.254 e. The molecule has 0 saturated carbocycles. The summed E-state index contributed by atoms with van der Waals surface area (Å²) < 4.78 is 13.3. The third-order valence-electron chi connectivity index (χ3n) is 4.60. The molecule has 2 aliphatic heterocycles. The molecule has 0 radical (unpaired) electrons. The molecule has 0 spiro atoms. The molecule has 4 heteroatoms. The predicted molar refractivity (Wildman–Crippen MR) is 71.5 cm³/mol. The number of amides is 1. The zero-order valence-electron chi connectivity index (χ0n) is 11.3. The first-order chi connectivity index (χ1) is 9.08. The van der Waals surface area contributed by atoms with E-state index in [1.54, 1.807) is 19.1 Å². The summed E-state index contributed by atoms with van der Waals surface area (Å²) in [6.07, 6.45) is 0. The van der Waals surface area contributed by atoms with Gasteiger partial charge in [0.15, 0.2) is 0 Å². The fourth-order valence-electron chi connectivity index (χ4n) is 3.38. The number of likely N-dealkylation sites (tertiary alicyclic amines) is 1. The Morgan fingerprint density at radius 2 is 2.21 bits per heavy atom. The van der Waals surface area contributed by atoms with Crippen LogP contribution in [-0.4, -0.2) is 36.5 Å². The van der Waals surface area contributed by atoms with Crippen molar-refractivity contribution >= 4 is 5.91 Å². The van der Waals surface area contributed by atoms with Gasteiger partial charge in [0, 0.05) is 31.2 Å². The summed E-state index contributed by atoms with van der Waals surface area (Å²) >= 11 is 0. The third-order valence-corrected chi connectivity index (χ3v) is 4.60. The molecule has 102 valence electrons. The highest BCUT2D eigenvalue weighted by atomic mass is 19.1. The van der Waals surface area contributed by atoms with Gasteiger partial charge >= 0.3 is 0 Å². The van der Waals surface area contributed by atoms with Gasteiger partial charge in [-0.3, -0.25) is 4.79 Å². The lowest BCUT2D eigenvalue weighted by Crippen LogP contribution is -2.38. The van der Waals surface area contributed by atoms with Gasteiger partial charge < -0.3 is 10.2 Å². The monoisotopic (exact) mass is 262 g/mol. The summed E-state index contributed by atoms with van der Waals surface area (Å²) in [4.78, 5) is 14.5. The van der Waals surface area contributed by atoms with Crippen LogP contribution >= 0.6 is 0 Å². The Labute approximate surface area is 112 Å². The fourth-order valence-corrected chi connectivity index (χ4v) is 3.38. The average Bonchev–Trinajstić information content (AvgIpc) is 2.95. The third kappa shape index (κ3) is 2.04. The summed E-state index contributed by atoms with van der Waals surface area (Å²) in [6.45, 7) is 6.62. The first-order valence-electron chi connectivity index (χ1n) is 6.86. The highest BCUT2D eigenvalue weighted by molar-refractivity contribution is 5.94. The molecule has 0 bridgehead atoms. The van der Waals surface area contributed by atoms with E-state index >= 15 is 0 Å². The Kier molecular flexibility index (Phi) is 3.05. The second-order valence-electron chi connectivity index (χ2n) is 5.74. The van der Waals surface area contributed by atoms with Crippen LogP contribution in [0.15, 0.2) is 18.2 Å². The quantitative estimate of drug-likeness (QED) is 0.837. The molecule has 2 heterocycles. The van der Waals surface area contributed by atoms with Crippen LogP contribution < -0.4 is 5.32 Å². The molecule has 3 rings (SSSR count). The number of fused-ring (bicyclic) bond motifs is 1. The van der Waals surface area contributed by atoms with Crippen LogP contribution in [0, 0.1) is 24.6 Å². The SMILES string of the molecule is Cc1cc(C(=O)N2CC3CNCC3C2C)ccc1F. The number of hydrogen-bond donors (Lipinski definition) is 1. The van der Waals surface area contributed by atoms with E-state index in [2.05, 4.69) is 12.2 Å². The van der Waals surface area contributed by atoms with E-state index in [9.17, 15) is 9.18 Å². The Morgan fingerprint density at radius 3 is 2.89 bits per heavy atom. The number of rotatable bonds is 1. The predicted octanol–water partition coefficient (Wildman–Crippen LogP) is 1.81. The van der Waals surface area contributed by atoms with Gasteiger partial charge in [-0.05, 0) is 49.4 Å². The molecule has 1 N–H and O–H groups in total. The van der Waals surface area contributed by atoms with Crippen molar-refractivity contribution in [2.24, 2.45) is 11.8 Å². The summed E-state index contributed by atoms with van der Waals surface area (Å²) in [7, 11) is 0. The average molecular weight is 262 g/mol. The first-order valence-corrected chi connectivity index (χ1v) is 6.86. The lowest BCUT2D eigenvalue weighted by atomic mass is 9.95. The van der Waals surface area contributed by atoms with E-state index in [4.69, 9.17) is 0 Å². The van der Waals surface area contributed by atoms with Crippen LogP contribution in [-0.2, 0) is 0 Å². The zero-order chi connectivity index (χ0) is 13.6. The molecule has 1 aromatic rings. The molecule has 2 saturated heterocycles. The van der Waals surface area contributed by atoms with Gasteiger partial charge in [-0.1, -0.05) is 0 Å². The van der Waals surface area contributed by atoms with Gasteiger partial charge in [0.1, 0.15) is 5.82 Å². The van der Waals surface area contributed by atoms with Crippen LogP contribution in [0.3, 0.4) is 0 Å². The number of halogens is 1. The van der Waals surface area contributed by atoms with Crippen molar-refractivity contribution in [1.29, 1.82) is 0 Å². The maximum absolute atomic E-state index is 13.3. The molecule has 1 aromatic carbocycles. The summed E-state index contributed by atoms with van der Waals surface area (Å²) in [5.41, 5.74) is 1.12. The molecule has 19 heavy (non-hydrogen) atoms. The first kappa shape index (κ1) is 12.6. The summed E-state index contributed by atoms with van der Waals surface area (Å²) in [5, 5.41) is 3.38. The van der Waals surface area contributed by atoms with Gasteiger partial charge in [0.2, 0.25) is 0 Å². The normalized spacial score (nSPS) is 29.6. The van der Waals surface area contributed by atoms with E-state index in [0.717, 1.165) is 19.6 Å². The van der Waals surface area contributed by atoms with Crippen molar-refractivity contribution in [3.63, 3.8) is 0 Å². The van der Waals surface area contributed by atoms with Crippen molar-refractivity contribution in [2.45, 2.75) is 19.9 Å². The molecule has 2 fully saturated rings. The van der Waals surface area contributed by atoms with Gasteiger partial charge in [-0.25, -0.2) is 4.39 Å². The Hall–Kier alpha value is -1.42. The molecule has 3 atom stereocenters. The van der Waals surface area contributed by atoms with E-state index in [-0.39, 0.29) is 17.8 Å². The molecule has 3 nitrogen and oxygen atoms in total. The Balaban J connectivity index is 1.82. The molecular weight excluding hydrogens is 243 g/mol. The van der Waals surface area contributed by atoms with Crippen molar-refractivity contribution in [2.75, 3.05) is 19.6 Å². The van der Waals surface area contributed by atoms with E-state index in [1.165, 1.54) is 6.07 Å². The largest absolute Gasteiger partial charge is 0.335 e. The number of hydrogen-bond acceptors (Lipinski definition) is 2. The van der Waals surface area contributed by atoms with Gasteiger partial charge in [0.25, 0.3) is 5.91 Å². The highest BCUT2D eigenvalue weighted by Crippen LogP contribution is 2.33. The number of carbonyl (C=O) groups excluding carboxylic acids is 1. The number of nitrogens with zero attached hydrogens (tertiary/aromatic N) is 1. The highest BCUT2D eigenvalue weighted by Gasteiger charge is 2.43.